The molecular formula is C20H14BrN3O3S2. The summed E-state index contributed by atoms with van der Waals surface area (Å²) in [6.45, 7) is 0. The fourth-order valence-corrected chi connectivity index (χ4v) is 5.29. The van der Waals surface area contributed by atoms with E-state index in [1.165, 1.54) is 23.5 Å². The smallest absolute Gasteiger partial charge is 0.263 e. The molecule has 0 radical (unpaired) electrons. The van der Waals surface area contributed by atoms with Crippen LogP contribution in [0.15, 0.2) is 82.2 Å². The number of benzene rings is 3. The number of amides is 1. The lowest BCUT2D eigenvalue weighted by Crippen LogP contribution is -2.12. The summed E-state index contributed by atoms with van der Waals surface area (Å²) < 4.78 is 28.9. The molecule has 146 valence electrons. The number of nitrogens with zero attached hydrogens (tertiary/aromatic N) is 1. The van der Waals surface area contributed by atoms with E-state index in [0.29, 0.717) is 21.2 Å². The van der Waals surface area contributed by atoms with Gasteiger partial charge in [0.05, 0.1) is 20.7 Å². The molecule has 2 N–H and O–H groups in total. The number of aromatic nitrogens is 1. The standard InChI is InChI=1S/C20H14BrN3O3S2/c21-16-9-5-4-8-15(16)19(25)22-13-10-11-17-18(12-13)28-20(23-17)24-29(26,27)14-6-2-1-3-7-14/h1-12H,(H,22,25)(H,23,24). The first-order valence-corrected chi connectivity index (χ1v) is 11.6. The van der Waals surface area contributed by atoms with Crippen LogP contribution in [0.4, 0.5) is 10.8 Å². The predicted octanol–water partition coefficient (Wildman–Crippen LogP) is 5.11. The van der Waals surface area contributed by atoms with Crippen molar-refractivity contribution >= 4 is 64.2 Å². The van der Waals surface area contributed by atoms with Crippen molar-refractivity contribution in [3.05, 3.63) is 82.8 Å². The summed E-state index contributed by atoms with van der Waals surface area (Å²) in [6, 6.07) is 20.5. The van der Waals surface area contributed by atoms with Gasteiger partial charge >= 0.3 is 0 Å². The molecule has 4 rings (SSSR count). The van der Waals surface area contributed by atoms with Gasteiger partial charge in [0.25, 0.3) is 15.9 Å². The third-order valence-electron chi connectivity index (χ3n) is 4.04. The van der Waals surface area contributed by atoms with Gasteiger partial charge in [-0.3, -0.25) is 9.52 Å². The van der Waals surface area contributed by atoms with E-state index in [1.807, 2.05) is 6.07 Å². The zero-order valence-corrected chi connectivity index (χ0v) is 18.0. The van der Waals surface area contributed by atoms with E-state index in [2.05, 4.69) is 31.0 Å². The number of hydrogen-bond acceptors (Lipinski definition) is 5. The predicted molar refractivity (Wildman–Crippen MR) is 119 cm³/mol. The second-order valence-corrected chi connectivity index (χ2v) is 9.62. The number of nitrogens with one attached hydrogen (secondary N) is 2. The molecule has 0 saturated carbocycles. The van der Waals surface area contributed by atoms with E-state index in [0.717, 1.165) is 4.70 Å². The normalized spacial score (nSPS) is 11.3. The zero-order chi connectivity index (χ0) is 20.4. The van der Waals surface area contributed by atoms with Crippen LogP contribution in [0, 0.1) is 0 Å². The summed E-state index contributed by atoms with van der Waals surface area (Å²) >= 11 is 4.56. The number of thiazole rings is 1. The Bertz CT molecular complexity index is 1310. The molecule has 0 saturated heterocycles. The largest absolute Gasteiger partial charge is 0.322 e. The van der Waals surface area contributed by atoms with Gasteiger partial charge in [-0.2, -0.15) is 0 Å². The van der Waals surface area contributed by atoms with Gasteiger partial charge in [0, 0.05) is 10.2 Å². The van der Waals surface area contributed by atoms with Gasteiger partial charge in [-0.05, 0) is 58.4 Å². The molecule has 0 aliphatic rings. The highest BCUT2D eigenvalue weighted by Crippen LogP contribution is 2.30. The van der Waals surface area contributed by atoms with Gasteiger partial charge in [-0.15, -0.1) is 0 Å². The van der Waals surface area contributed by atoms with Crippen LogP contribution >= 0.6 is 27.3 Å². The van der Waals surface area contributed by atoms with Gasteiger partial charge in [0.1, 0.15) is 0 Å². The van der Waals surface area contributed by atoms with Gasteiger partial charge in [-0.1, -0.05) is 41.7 Å². The van der Waals surface area contributed by atoms with Crippen LogP contribution in [0.3, 0.4) is 0 Å². The van der Waals surface area contributed by atoms with Crippen LogP contribution in [0.5, 0.6) is 0 Å². The van der Waals surface area contributed by atoms with Crippen LogP contribution in [0.25, 0.3) is 10.2 Å². The van der Waals surface area contributed by atoms with Crippen LogP contribution < -0.4 is 10.0 Å². The molecule has 1 heterocycles. The average molecular weight is 488 g/mol. The Morgan fingerprint density at radius 1 is 0.966 bits per heavy atom. The molecule has 29 heavy (non-hydrogen) atoms. The first kappa shape index (κ1) is 19.6. The Morgan fingerprint density at radius 2 is 1.69 bits per heavy atom. The topological polar surface area (TPSA) is 88.2 Å². The van der Waals surface area contributed by atoms with E-state index in [4.69, 9.17) is 0 Å². The lowest BCUT2D eigenvalue weighted by Gasteiger charge is -2.06. The third kappa shape index (κ3) is 4.31. The Morgan fingerprint density at radius 3 is 2.45 bits per heavy atom. The number of carbonyl (C=O) groups is 1. The van der Waals surface area contributed by atoms with Crippen molar-refractivity contribution in [1.29, 1.82) is 0 Å². The first-order chi connectivity index (χ1) is 13.9. The second kappa shape index (κ2) is 7.94. The lowest BCUT2D eigenvalue weighted by atomic mass is 10.2. The van der Waals surface area contributed by atoms with Crippen LogP contribution in [0.1, 0.15) is 10.4 Å². The summed E-state index contributed by atoms with van der Waals surface area (Å²) in [5.74, 6) is -0.244. The second-order valence-electron chi connectivity index (χ2n) is 6.05. The number of fused-ring (bicyclic) bond motifs is 1. The molecule has 0 unspecified atom stereocenters. The number of halogens is 1. The van der Waals surface area contributed by atoms with E-state index in [-0.39, 0.29) is 15.9 Å². The summed E-state index contributed by atoms with van der Waals surface area (Å²) in [4.78, 5) is 17.0. The third-order valence-corrected chi connectivity index (χ3v) is 7.15. The van der Waals surface area contributed by atoms with Crippen molar-refractivity contribution in [1.82, 2.24) is 4.98 Å². The van der Waals surface area contributed by atoms with Crippen LogP contribution in [-0.4, -0.2) is 19.3 Å². The maximum atomic E-state index is 12.5. The lowest BCUT2D eigenvalue weighted by molar-refractivity contribution is 0.102. The quantitative estimate of drug-likeness (QED) is 0.409. The van der Waals surface area contributed by atoms with Crippen molar-refractivity contribution in [3.8, 4) is 0 Å². The first-order valence-electron chi connectivity index (χ1n) is 8.47. The van der Waals surface area contributed by atoms with E-state index in [1.54, 1.807) is 54.6 Å². The van der Waals surface area contributed by atoms with Crippen molar-refractivity contribution in [2.24, 2.45) is 0 Å². The monoisotopic (exact) mass is 487 g/mol. The minimum Gasteiger partial charge on any atom is -0.322 e. The van der Waals surface area contributed by atoms with Crippen molar-refractivity contribution < 1.29 is 13.2 Å². The highest BCUT2D eigenvalue weighted by Gasteiger charge is 2.16. The molecule has 0 bridgehead atoms. The average Bonchev–Trinajstić information content (AvgIpc) is 3.09. The molecule has 3 aromatic carbocycles. The number of sulfonamides is 1. The maximum Gasteiger partial charge on any atom is 0.263 e. The molecule has 0 aliphatic carbocycles. The van der Waals surface area contributed by atoms with Crippen molar-refractivity contribution in [3.63, 3.8) is 0 Å². The molecule has 0 fully saturated rings. The van der Waals surface area contributed by atoms with Gasteiger partial charge in [-0.25, -0.2) is 13.4 Å². The molecule has 1 aromatic heterocycles. The summed E-state index contributed by atoms with van der Waals surface area (Å²) in [5.41, 5.74) is 1.76. The molecule has 1 amide bonds. The fraction of sp³-hybridized carbons (Fsp3) is 0. The van der Waals surface area contributed by atoms with Gasteiger partial charge < -0.3 is 5.32 Å². The number of anilines is 2. The minimum atomic E-state index is -3.71. The van der Waals surface area contributed by atoms with Crippen LogP contribution in [-0.2, 0) is 10.0 Å². The van der Waals surface area contributed by atoms with Crippen molar-refractivity contribution in [2.75, 3.05) is 10.0 Å². The Kier molecular flexibility index (Phi) is 5.35. The van der Waals surface area contributed by atoms with Crippen molar-refractivity contribution in [2.45, 2.75) is 4.90 Å². The number of carbonyl (C=O) groups excluding carboxylic acids is 1. The van der Waals surface area contributed by atoms with Gasteiger partial charge in [0.15, 0.2) is 5.13 Å². The van der Waals surface area contributed by atoms with E-state index in [9.17, 15) is 13.2 Å². The Hall–Kier alpha value is -2.75. The van der Waals surface area contributed by atoms with E-state index >= 15 is 0 Å². The SMILES string of the molecule is O=C(Nc1ccc2nc(NS(=O)(=O)c3ccccc3)sc2c1)c1ccccc1Br. The van der Waals surface area contributed by atoms with E-state index < -0.39 is 10.0 Å². The molecule has 9 heteroatoms. The summed E-state index contributed by atoms with van der Waals surface area (Å²) in [6.07, 6.45) is 0. The van der Waals surface area contributed by atoms with Gasteiger partial charge in [0.2, 0.25) is 0 Å². The molecule has 0 atom stereocenters. The molecule has 4 aromatic rings. The Labute approximate surface area is 179 Å². The minimum absolute atomic E-state index is 0.167. The molecular weight excluding hydrogens is 474 g/mol. The molecule has 0 spiro atoms. The maximum absolute atomic E-state index is 12.5. The molecule has 0 aliphatic heterocycles. The highest BCUT2D eigenvalue weighted by atomic mass is 79.9. The summed E-state index contributed by atoms with van der Waals surface area (Å²) in [7, 11) is -3.71. The van der Waals surface area contributed by atoms with Crippen LogP contribution in [0.2, 0.25) is 0 Å². The fourth-order valence-electron chi connectivity index (χ4n) is 2.66. The Balaban J connectivity index is 1.57. The molecule has 6 nitrogen and oxygen atoms in total. The zero-order valence-electron chi connectivity index (χ0n) is 14.8. The number of rotatable bonds is 5. The number of hydrogen-bond donors (Lipinski definition) is 2. The summed E-state index contributed by atoms with van der Waals surface area (Å²) in [5, 5.41) is 3.11. The highest BCUT2D eigenvalue weighted by molar-refractivity contribution is 9.10.